The molecule has 0 saturated heterocycles. The van der Waals surface area contributed by atoms with Gasteiger partial charge in [-0.15, -0.1) is 0 Å². The molecule has 1 amide bonds. The maximum Gasteiger partial charge on any atom is 0.320 e. The second-order valence-electron chi connectivity index (χ2n) is 6.98. The highest BCUT2D eigenvalue weighted by atomic mass is 16.4. The van der Waals surface area contributed by atoms with Crippen LogP contribution in [0.5, 0.6) is 0 Å². The van der Waals surface area contributed by atoms with Gasteiger partial charge < -0.3 is 26.6 Å². The predicted octanol–water partition coefficient (Wildman–Crippen LogP) is 1.14. The number of hydrogen-bond donors (Lipinski definition) is 5. The third-order valence-corrected chi connectivity index (χ3v) is 4.39. The highest BCUT2D eigenvalue weighted by molar-refractivity contribution is 5.81. The Labute approximate surface area is 165 Å². The zero-order valence-electron chi connectivity index (χ0n) is 16.3. The summed E-state index contributed by atoms with van der Waals surface area (Å²) in [5, 5.41) is 23.5. The number of carboxylic acids is 2. The molecule has 0 aromatic heterocycles. The van der Waals surface area contributed by atoms with Gasteiger partial charge in [-0.05, 0) is 44.7 Å². The van der Waals surface area contributed by atoms with Gasteiger partial charge in [0.2, 0.25) is 5.91 Å². The van der Waals surface area contributed by atoms with Crippen LogP contribution in [0, 0.1) is 0 Å². The summed E-state index contributed by atoms with van der Waals surface area (Å²) in [5.74, 6) is -2.28. The van der Waals surface area contributed by atoms with Crippen LogP contribution >= 0.6 is 0 Å². The molecular formula is C20H31N3O5. The van der Waals surface area contributed by atoms with Crippen LogP contribution in [0.25, 0.3) is 0 Å². The zero-order chi connectivity index (χ0) is 20.9. The van der Waals surface area contributed by atoms with E-state index in [4.69, 9.17) is 15.9 Å². The van der Waals surface area contributed by atoms with Crippen LogP contribution in [-0.4, -0.2) is 52.7 Å². The Hall–Kier alpha value is -2.45. The molecule has 6 N–H and O–H groups in total. The molecule has 1 aromatic rings. The lowest BCUT2D eigenvalue weighted by molar-refractivity contribution is -0.140. The van der Waals surface area contributed by atoms with Crippen LogP contribution in [0.2, 0.25) is 0 Å². The van der Waals surface area contributed by atoms with Crippen molar-refractivity contribution < 1.29 is 24.6 Å². The van der Waals surface area contributed by atoms with Crippen molar-refractivity contribution >= 4 is 17.8 Å². The summed E-state index contributed by atoms with van der Waals surface area (Å²) < 4.78 is 0. The van der Waals surface area contributed by atoms with Gasteiger partial charge in [0.1, 0.15) is 6.04 Å². The first kappa shape index (κ1) is 23.6. The van der Waals surface area contributed by atoms with E-state index in [9.17, 15) is 14.4 Å². The Bertz CT molecular complexity index is 624. The van der Waals surface area contributed by atoms with Crippen LogP contribution in [0.4, 0.5) is 0 Å². The topological polar surface area (TPSA) is 142 Å². The maximum atomic E-state index is 12.2. The van der Waals surface area contributed by atoms with Gasteiger partial charge in [-0.25, -0.2) is 0 Å². The molecular weight excluding hydrogens is 362 g/mol. The first-order valence-corrected chi connectivity index (χ1v) is 9.57. The quantitative estimate of drug-likeness (QED) is 0.298. The van der Waals surface area contributed by atoms with Crippen LogP contribution in [-0.2, 0) is 20.8 Å². The van der Waals surface area contributed by atoms with Gasteiger partial charge in [0.05, 0.1) is 6.04 Å². The van der Waals surface area contributed by atoms with Crippen molar-refractivity contribution in [2.75, 3.05) is 6.54 Å². The molecule has 8 heteroatoms. The fourth-order valence-electron chi connectivity index (χ4n) is 2.85. The number of hydrogen-bond acceptors (Lipinski definition) is 5. The van der Waals surface area contributed by atoms with Gasteiger partial charge in [0, 0.05) is 12.5 Å². The van der Waals surface area contributed by atoms with Crippen LogP contribution in [0.1, 0.15) is 44.6 Å². The van der Waals surface area contributed by atoms with Crippen LogP contribution < -0.4 is 16.4 Å². The summed E-state index contributed by atoms with van der Waals surface area (Å²) in [7, 11) is 0. The molecule has 28 heavy (non-hydrogen) atoms. The lowest BCUT2D eigenvalue weighted by atomic mass is 10.1. The molecule has 0 heterocycles. The average molecular weight is 393 g/mol. The fraction of sp³-hybridized carbons (Fsp3) is 0.550. The number of benzene rings is 1. The minimum Gasteiger partial charge on any atom is -0.481 e. The second-order valence-corrected chi connectivity index (χ2v) is 6.98. The van der Waals surface area contributed by atoms with Crippen molar-refractivity contribution in [2.24, 2.45) is 5.73 Å². The van der Waals surface area contributed by atoms with E-state index in [0.29, 0.717) is 25.8 Å². The number of carboxylic acid groups (broad SMARTS) is 2. The molecule has 0 bridgehead atoms. The Kier molecular flexibility index (Phi) is 10.8. The Morgan fingerprint density at radius 3 is 2.36 bits per heavy atom. The van der Waals surface area contributed by atoms with E-state index in [-0.39, 0.29) is 24.8 Å². The molecule has 0 spiro atoms. The molecule has 156 valence electrons. The second kappa shape index (κ2) is 12.9. The lowest BCUT2D eigenvalue weighted by Gasteiger charge is -2.18. The normalized spacial score (nSPS) is 14.1. The molecule has 0 aliphatic heterocycles. The third kappa shape index (κ3) is 10.0. The maximum absolute atomic E-state index is 12.2. The number of carbonyl (C=O) groups is 3. The van der Waals surface area contributed by atoms with Crippen LogP contribution in [0.15, 0.2) is 30.3 Å². The minimum atomic E-state index is -1.07. The summed E-state index contributed by atoms with van der Waals surface area (Å²) in [4.78, 5) is 33.8. The third-order valence-electron chi connectivity index (χ3n) is 4.39. The van der Waals surface area contributed by atoms with Gasteiger partial charge in [-0.3, -0.25) is 14.4 Å². The highest BCUT2D eigenvalue weighted by Crippen LogP contribution is 2.05. The summed E-state index contributed by atoms with van der Waals surface area (Å²) in [6, 6.07) is 8.37. The summed E-state index contributed by atoms with van der Waals surface area (Å²) in [6.45, 7) is 2.36. The Balaban J connectivity index is 2.22. The molecule has 1 rings (SSSR count). The number of rotatable bonds is 14. The van der Waals surface area contributed by atoms with Gasteiger partial charge in [-0.2, -0.15) is 0 Å². The lowest BCUT2D eigenvalue weighted by Crippen LogP contribution is -2.45. The number of nitrogens with two attached hydrogens (primary N) is 1. The Morgan fingerprint density at radius 1 is 1.07 bits per heavy atom. The molecule has 0 saturated carbocycles. The number of carbonyl (C=O) groups excluding carboxylic acids is 1. The predicted molar refractivity (Wildman–Crippen MR) is 106 cm³/mol. The highest BCUT2D eigenvalue weighted by Gasteiger charge is 2.18. The summed E-state index contributed by atoms with van der Waals surface area (Å²) >= 11 is 0. The molecule has 0 fully saturated rings. The van der Waals surface area contributed by atoms with Crippen molar-refractivity contribution in [3.63, 3.8) is 0 Å². The van der Waals surface area contributed by atoms with Crippen molar-refractivity contribution in [3.05, 3.63) is 35.9 Å². The smallest absolute Gasteiger partial charge is 0.320 e. The monoisotopic (exact) mass is 393 g/mol. The molecule has 1 aromatic carbocycles. The van der Waals surface area contributed by atoms with Crippen molar-refractivity contribution in [2.45, 2.75) is 63.6 Å². The Morgan fingerprint density at radius 2 is 1.75 bits per heavy atom. The van der Waals surface area contributed by atoms with E-state index < -0.39 is 24.0 Å². The molecule has 3 unspecified atom stereocenters. The first-order valence-electron chi connectivity index (χ1n) is 9.57. The standard InChI is InChI=1S/C20H31N3O5/c1-14(13-15-7-3-2-4-8-15)23-19(26)16(21)9-5-6-12-22-17(20(27)28)10-11-18(24)25/h2-4,7-8,14,16-17,22H,5-6,9-13,21H2,1H3,(H,23,26)(H,24,25)(H,27,28). The van der Waals surface area contributed by atoms with E-state index in [2.05, 4.69) is 10.6 Å². The molecule has 3 atom stereocenters. The van der Waals surface area contributed by atoms with E-state index in [1.807, 2.05) is 37.3 Å². The average Bonchev–Trinajstić information content (AvgIpc) is 2.63. The SMILES string of the molecule is CC(Cc1ccccc1)NC(=O)C(N)CCCCNC(CCC(=O)O)C(=O)O. The van der Waals surface area contributed by atoms with Crippen LogP contribution in [0.3, 0.4) is 0 Å². The number of amides is 1. The summed E-state index contributed by atoms with van der Waals surface area (Å²) in [5.41, 5.74) is 7.08. The van der Waals surface area contributed by atoms with E-state index in [0.717, 1.165) is 12.0 Å². The van der Waals surface area contributed by atoms with Gasteiger partial charge in [-0.1, -0.05) is 36.8 Å². The minimum absolute atomic E-state index is 0.0202. The zero-order valence-corrected chi connectivity index (χ0v) is 16.3. The van der Waals surface area contributed by atoms with E-state index in [1.54, 1.807) is 0 Å². The van der Waals surface area contributed by atoms with Crippen molar-refractivity contribution in [3.8, 4) is 0 Å². The van der Waals surface area contributed by atoms with E-state index in [1.165, 1.54) is 0 Å². The van der Waals surface area contributed by atoms with Crippen molar-refractivity contribution in [1.29, 1.82) is 0 Å². The number of aliphatic carboxylic acids is 2. The number of nitrogens with one attached hydrogen (secondary N) is 2. The largest absolute Gasteiger partial charge is 0.481 e. The molecule has 0 aliphatic carbocycles. The van der Waals surface area contributed by atoms with Gasteiger partial charge >= 0.3 is 11.9 Å². The van der Waals surface area contributed by atoms with Crippen molar-refractivity contribution in [1.82, 2.24) is 10.6 Å². The van der Waals surface area contributed by atoms with E-state index >= 15 is 0 Å². The molecule has 8 nitrogen and oxygen atoms in total. The summed E-state index contributed by atoms with van der Waals surface area (Å²) in [6.07, 6.45) is 2.38. The fourth-order valence-corrected chi connectivity index (χ4v) is 2.85. The van der Waals surface area contributed by atoms with Gasteiger partial charge in [0.25, 0.3) is 0 Å². The molecule has 0 aliphatic rings. The molecule has 0 radical (unpaired) electrons. The number of unbranched alkanes of at least 4 members (excludes halogenated alkanes) is 1. The van der Waals surface area contributed by atoms with Gasteiger partial charge in [0.15, 0.2) is 0 Å². The first-order chi connectivity index (χ1) is 13.3.